The van der Waals surface area contributed by atoms with Gasteiger partial charge in [0.25, 0.3) is 5.69 Å². The van der Waals surface area contributed by atoms with Crippen LogP contribution in [-0.2, 0) is 6.42 Å². The van der Waals surface area contributed by atoms with Gasteiger partial charge in [0, 0.05) is 24.1 Å². The standard InChI is InChI=1S/C10H10N4O2/c1-2-9-11-10(13-12-9)7-4-3-5-8(6-7)14(15)16/h3-6H,2H2,1H3,(H,11,12,13). The van der Waals surface area contributed by atoms with Gasteiger partial charge in [-0.1, -0.05) is 19.1 Å². The zero-order valence-corrected chi connectivity index (χ0v) is 8.67. The maximum Gasteiger partial charge on any atom is 0.270 e. The molecule has 1 aromatic heterocycles. The van der Waals surface area contributed by atoms with E-state index in [4.69, 9.17) is 0 Å². The van der Waals surface area contributed by atoms with Gasteiger partial charge >= 0.3 is 0 Å². The highest BCUT2D eigenvalue weighted by atomic mass is 16.6. The van der Waals surface area contributed by atoms with Crippen molar-refractivity contribution in [1.82, 2.24) is 15.2 Å². The Labute approximate surface area is 91.5 Å². The number of non-ortho nitro benzene ring substituents is 1. The smallest absolute Gasteiger partial charge is 0.263 e. The third-order valence-corrected chi connectivity index (χ3v) is 2.18. The Morgan fingerprint density at radius 2 is 2.31 bits per heavy atom. The number of benzene rings is 1. The van der Waals surface area contributed by atoms with E-state index in [2.05, 4.69) is 15.2 Å². The zero-order valence-electron chi connectivity index (χ0n) is 8.67. The van der Waals surface area contributed by atoms with Crippen molar-refractivity contribution in [2.24, 2.45) is 0 Å². The first-order chi connectivity index (χ1) is 7.70. The molecule has 2 rings (SSSR count). The minimum atomic E-state index is -0.434. The quantitative estimate of drug-likeness (QED) is 0.630. The summed E-state index contributed by atoms with van der Waals surface area (Å²) in [4.78, 5) is 14.4. The largest absolute Gasteiger partial charge is 0.270 e. The van der Waals surface area contributed by atoms with Crippen molar-refractivity contribution in [2.45, 2.75) is 13.3 Å². The van der Waals surface area contributed by atoms with E-state index < -0.39 is 4.92 Å². The Morgan fingerprint density at radius 3 is 2.94 bits per heavy atom. The highest BCUT2D eigenvalue weighted by Gasteiger charge is 2.10. The lowest BCUT2D eigenvalue weighted by Gasteiger charge is -1.94. The number of H-pyrrole nitrogens is 1. The van der Waals surface area contributed by atoms with Gasteiger partial charge < -0.3 is 0 Å². The summed E-state index contributed by atoms with van der Waals surface area (Å²) >= 11 is 0. The molecule has 0 fully saturated rings. The fourth-order valence-electron chi connectivity index (χ4n) is 1.34. The van der Waals surface area contributed by atoms with E-state index in [1.54, 1.807) is 12.1 Å². The Balaban J connectivity index is 2.40. The van der Waals surface area contributed by atoms with Crippen molar-refractivity contribution in [3.63, 3.8) is 0 Å². The summed E-state index contributed by atoms with van der Waals surface area (Å²) in [6.07, 6.45) is 0.752. The lowest BCUT2D eigenvalue weighted by atomic mass is 10.2. The molecule has 0 atom stereocenters. The molecule has 1 aromatic carbocycles. The molecular formula is C10H10N4O2. The SMILES string of the molecule is CCc1nc(-c2cccc([N+](=O)[O-])c2)n[nH]1. The summed E-state index contributed by atoms with van der Waals surface area (Å²) in [7, 11) is 0. The normalized spacial score (nSPS) is 10.3. The number of nitro benzene ring substituents is 1. The second-order valence-corrected chi connectivity index (χ2v) is 3.27. The summed E-state index contributed by atoms with van der Waals surface area (Å²) in [5.74, 6) is 1.25. The van der Waals surface area contributed by atoms with Crippen LogP contribution in [0.3, 0.4) is 0 Å². The number of nitrogens with zero attached hydrogens (tertiary/aromatic N) is 3. The van der Waals surface area contributed by atoms with E-state index in [0.29, 0.717) is 11.4 Å². The second kappa shape index (κ2) is 4.09. The fourth-order valence-corrected chi connectivity index (χ4v) is 1.34. The molecular weight excluding hydrogens is 208 g/mol. The zero-order chi connectivity index (χ0) is 11.5. The second-order valence-electron chi connectivity index (χ2n) is 3.27. The monoisotopic (exact) mass is 218 g/mol. The number of nitro groups is 1. The van der Waals surface area contributed by atoms with E-state index in [1.165, 1.54) is 12.1 Å². The van der Waals surface area contributed by atoms with Gasteiger partial charge in [0.05, 0.1) is 4.92 Å². The topological polar surface area (TPSA) is 84.7 Å². The molecule has 82 valence electrons. The van der Waals surface area contributed by atoms with Crippen molar-refractivity contribution < 1.29 is 4.92 Å². The van der Waals surface area contributed by atoms with E-state index in [9.17, 15) is 10.1 Å². The highest BCUT2D eigenvalue weighted by molar-refractivity contribution is 5.58. The summed E-state index contributed by atoms with van der Waals surface area (Å²) < 4.78 is 0. The van der Waals surface area contributed by atoms with Gasteiger partial charge in [-0.3, -0.25) is 15.2 Å². The predicted octanol–water partition coefficient (Wildman–Crippen LogP) is 1.94. The number of aromatic nitrogens is 3. The van der Waals surface area contributed by atoms with Gasteiger partial charge in [-0.25, -0.2) is 4.98 Å². The van der Waals surface area contributed by atoms with E-state index in [-0.39, 0.29) is 5.69 Å². The van der Waals surface area contributed by atoms with E-state index >= 15 is 0 Å². The Morgan fingerprint density at radius 1 is 1.50 bits per heavy atom. The molecule has 16 heavy (non-hydrogen) atoms. The summed E-state index contributed by atoms with van der Waals surface area (Å²) in [6, 6.07) is 6.27. The number of aryl methyl sites for hydroxylation is 1. The van der Waals surface area contributed by atoms with Crippen LogP contribution in [0.1, 0.15) is 12.7 Å². The molecule has 0 saturated carbocycles. The molecule has 0 amide bonds. The van der Waals surface area contributed by atoms with Crippen molar-refractivity contribution in [1.29, 1.82) is 0 Å². The van der Waals surface area contributed by atoms with Crippen LogP contribution in [0.4, 0.5) is 5.69 Å². The van der Waals surface area contributed by atoms with Crippen LogP contribution < -0.4 is 0 Å². The Hall–Kier alpha value is -2.24. The van der Waals surface area contributed by atoms with Gasteiger partial charge in [-0.2, -0.15) is 5.10 Å². The summed E-state index contributed by atoms with van der Waals surface area (Å²) in [6.45, 7) is 1.96. The predicted molar refractivity (Wildman–Crippen MR) is 57.9 cm³/mol. The van der Waals surface area contributed by atoms with Gasteiger partial charge in [0.2, 0.25) is 0 Å². The van der Waals surface area contributed by atoms with Gasteiger partial charge in [0.1, 0.15) is 5.82 Å². The summed E-state index contributed by atoms with van der Waals surface area (Å²) in [5.41, 5.74) is 0.686. The molecule has 6 nitrogen and oxygen atoms in total. The average molecular weight is 218 g/mol. The van der Waals surface area contributed by atoms with Crippen molar-refractivity contribution >= 4 is 5.69 Å². The first-order valence-corrected chi connectivity index (χ1v) is 4.87. The first kappa shape index (κ1) is 10.3. The van der Waals surface area contributed by atoms with Crippen molar-refractivity contribution in [2.75, 3.05) is 0 Å². The highest BCUT2D eigenvalue weighted by Crippen LogP contribution is 2.20. The van der Waals surface area contributed by atoms with Crippen LogP contribution in [0, 0.1) is 10.1 Å². The molecule has 6 heteroatoms. The van der Waals surface area contributed by atoms with Crippen LogP contribution in [-0.4, -0.2) is 20.1 Å². The Bertz CT molecular complexity index is 521. The maximum atomic E-state index is 10.6. The molecule has 0 radical (unpaired) electrons. The first-order valence-electron chi connectivity index (χ1n) is 4.87. The average Bonchev–Trinajstić information content (AvgIpc) is 2.77. The van der Waals surface area contributed by atoms with E-state index in [1.807, 2.05) is 6.92 Å². The number of nitrogens with one attached hydrogen (secondary N) is 1. The van der Waals surface area contributed by atoms with Crippen molar-refractivity contribution in [3.05, 3.63) is 40.2 Å². The third kappa shape index (κ3) is 1.90. The van der Waals surface area contributed by atoms with Crippen molar-refractivity contribution in [3.8, 4) is 11.4 Å². The molecule has 0 saturated heterocycles. The molecule has 0 bridgehead atoms. The maximum absolute atomic E-state index is 10.6. The number of aromatic amines is 1. The van der Waals surface area contributed by atoms with Gasteiger partial charge in [-0.15, -0.1) is 0 Å². The molecule has 2 aromatic rings. The third-order valence-electron chi connectivity index (χ3n) is 2.18. The number of hydrogen-bond acceptors (Lipinski definition) is 4. The molecule has 0 unspecified atom stereocenters. The molecule has 0 aliphatic carbocycles. The van der Waals surface area contributed by atoms with Gasteiger partial charge in [-0.05, 0) is 0 Å². The number of rotatable bonds is 3. The summed E-state index contributed by atoms with van der Waals surface area (Å²) in [5, 5.41) is 17.4. The number of hydrogen-bond donors (Lipinski definition) is 1. The van der Waals surface area contributed by atoms with Crippen LogP contribution in [0.15, 0.2) is 24.3 Å². The van der Waals surface area contributed by atoms with Crippen LogP contribution >= 0.6 is 0 Å². The molecule has 1 N–H and O–H groups in total. The fraction of sp³-hybridized carbons (Fsp3) is 0.200. The minimum Gasteiger partial charge on any atom is -0.263 e. The molecule has 0 spiro atoms. The van der Waals surface area contributed by atoms with Crippen LogP contribution in [0.5, 0.6) is 0 Å². The minimum absolute atomic E-state index is 0.0420. The molecule has 0 aliphatic rings. The van der Waals surface area contributed by atoms with Gasteiger partial charge in [0.15, 0.2) is 5.82 Å². The molecule has 1 heterocycles. The van der Waals surface area contributed by atoms with Crippen LogP contribution in [0.2, 0.25) is 0 Å². The Kier molecular flexibility index (Phi) is 2.63. The molecule has 0 aliphatic heterocycles. The van der Waals surface area contributed by atoms with Crippen LogP contribution in [0.25, 0.3) is 11.4 Å². The lowest BCUT2D eigenvalue weighted by molar-refractivity contribution is -0.384. The lowest BCUT2D eigenvalue weighted by Crippen LogP contribution is -1.89. The van der Waals surface area contributed by atoms with E-state index in [0.717, 1.165) is 12.2 Å².